The number of hydrogen-bond acceptors (Lipinski definition) is 7. The topological polar surface area (TPSA) is 146 Å². The number of phenolic OH excluding ortho intramolecular Hbond substituents is 1. The monoisotopic (exact) mass is 496 g/mol. The summed E-state index contributed by atoms with van der Waals surface area (Å²) < 4.78 is 16.9. The molecule has 2 aromatic carbocycles. The van der Waals surface area contributed by atoms with Crippen molar-refractivity contribution < 1.29 is 29.1 Å². The van der Waals surface area contributed by atoms with Crippen molar-refractivity contribution >= 4 is 34.2 Å². The number of phenols is 1. The summed E-state index contributed by atoms with van der Waals surface area (Å²) in [5.41, 5.74) is -0.975. The molecule has 2 fully saturated rings. The molecule has 1 aromatic heterocycles. The van der Waals surface area contributed by atoms with Crippen LogP contribution in [0.2, 0.25) is 0 Å². The van der Waals surface area contributed by atoms with Gasteiger partial charge >= 0.3 is 5.97 Å². The van der Waals surface area contributed by atoms with Gasteiger partial charge in [-0.05, 0) is 31.0 Å². The molecule has 186 valence electrons. The summed E-state index contributed by atoms with van der Waals surface area (Å²) >= 11 is 0. The normalized spacial score (nSPS) is 15.8. The number of rotatable bonds is 5. The lowest BCUT2D eigenvalue weighted by atomic mass is 10.1. The predicted molar refractivity (Wildman–Crippen MR) is 126 cm³/mol. The van der Waals surface area contributed by atoms with Crippen molar-refractivity contribution in [2.75, 3.05) is 31.1 Å². The number of carbonyl (C=O) groups excluding carboxylic acids is 1. The van der Waals surface area contributed by atoms with Crippen LogP contribution >= 0.6 is 0 Å². The highest BCUT2D eigenvalue weighted by atomic mass is 19.1. The fourth-order valence-corrected chi connectivity index (χ4v) is 4.54. The summed E-state index contributed by atoms with van der Waals surface area (Å²) in [7, 11) is 0. The Morgan fingerprint density at radius 1 is 1.06 bits per heavy atom. The van der Waals surface area contributed by atoms with Gasteiger partial charge in [-0.3, -0.25) is 19.7 Å². The standard InChI is InChI=1S/C24H21FN4O7/c25-18-10-15-19(28(13-1-2-13)12-17(22(15)31)24(33)34)11-20(18)26-5-7-27(8-6-26)23(32)16-9-14(29(35)36)3-4-21(16)30/h3-4,9-13,30H,1-2,5-8H2,(H,33,34). The molecule has 12 heteroatoms. The third-order valence-electron chi connectivity index (χ3n) is 6.60. The number of non-ortho nitro benzene ring substituents is 1. The molecule has 5 rings (SSSR count). The lowest BCUT2D eigenvalue weighted by molar-refractivity contribution is -0.384. The number of carboxylic acids is 1. The maximum atomic E-state index is 15.1. The molecule has 2 N–H and O–H groups in total. The molecule has 11 nitrogen and oxygen atoms in total. The number of aromatic nitrogens is 1. The Labute approximate surface area is 202 Å². The molecule has 0 unspecified atom stereocenters. The smallest absolute Gasteiger partial charge is 0.341 e. The van der Waals surface area contributed by atoms with E-state index in [1.807, 2.05) is 0 Å². The number of amides is 1. The first kappa shape index (κ1) is 23.3. The molecular formula is C24H21FN4O7. The van der Waals surface area contributed by atoms with E-state index < -0.39 is 33.6 Å². The van der Waals surface area contributed by atoms with Gasteiger partial charge in [0.25, 0.3) is 11.6 Å². The molecule has 1 saturated heterocycles. The van der Waals surface area contributed by atoms with Gasteiger partial charge in [-0.15, -0.1) is 0 Å². The maximum Gasteiger partial charge on any atom is 0.341 e. The number of pyridine rings is 1. The van der Waals surface area contributed by atoms with Gasteiger partial charge < -0.3 is 24.6 Å². The number of aromatic carboxylic acids is 1. The molecule has 3 aromatic rings. The number of carbonyl (C=O) groups is 2. The highest BCUT2D eigenvalue weighted by Gasteiger charge is 2.30. The lowest BCUT2D eigenvalue weighted by Crippen LogP contribution is -2.49. The zero-order valence-corrected chi connectivity index (χ0v) is 18.9. The van der Waals surface area contributed by atoms with Crippen LogP contribution in [-0.2, 0) is 0 Å². The number of hydrogen-bond donors (Lipinski definition) is 2. The zero-order chi connectivity index (χ0) is 25.7. The molecule has 2 heterocycles. The lowest BCUT2D eigenvalue weighted by Gasteiger charge is -2.36. The Hall–Kier alpha value is -4.48. The highest BCUT2D eigenvalue weighted by molar-refractivity contribution is 5.98. The van der Waals surface area contributed by atoms with Crippen LogP contribution in [0.4, 0.5) is 15.8 Å². The van der Waals surface area contributed by atoms with Crippen molar-refractivity contribution in [3.05, 3.63) is 73.8 Å². The highest BCUT2D eigenvalue weighted by Crippen LogP contribution is 2.38. The summed E-state index contributed by atoms with van der Waals surface area (Å²) in [4.78, 5) is 50.6. The van der Waals surface area contributed by atoms with E-state index in [4.69, 9.17) is 0 Å². The summed E-state index contributed by atoms with van der Waals surface area (Å²) in [5, 5.41) is 30.5. The van der Waals surface area contributed by atoms with Gasteiger partial charge in [-0.25, -0.2) is 9.18 Å². The molecule has 2 aliphatic rings. The second kappa shape index (κ2) is 8.63. The minimum absolute atomic E-state index is 0.00184. The zero-order valence-electron chi connectivity index (χ0n) is 18.9. The molecular weight excluding hydrogens is 475 g/mol. The number of aromatic hydroxyl groups is 1. The Kier molecular flexibility index (Phi) is 5.58. The van der Waals surface area contributed by atoms with Gasteiger partial charge in [0.15, 0.2) is 0 Å². The van der Waals surface area contributed by atoms with E-state index in [1.54, 1.807) is 15.5 Å². The average Bonchev–Trinajstić information content (AvgIpc) is 3.69. The summed E-state index contributed by atoms with van der Waals surface area (Å²) in [6, 6.07) is 5.88. The fraction of sp³-hybridized carbons (Fsp3) is 0.292. The molecule has 1 aliphatic heterocycles. The van der Waals surface area contributed by atoms with Crippen LogP contribution in [0.5, 0.6) is 5.75 Å². The van der Waals surface area contributed by atoms with Crippen molar-refractivity contribution in [1.82, 2.24) is 9.47 Å². The van der Waals surface area contributed by atoms with E-state index >= 15 is 4.39 Å². The minimum atomic E-state index is -1.36. The van der Waals surface area contributed by atoms with Crippen LogP contribution in [0, 0.1) is 15.9 Å². The number of nitro benzene ring substituents is 1. The fourth-order valence-electron chi connectivity index (χ4n) is 4.54. The van der Waals surface area contributed by atoms with E-state index in [-0.39, 0.29) is 60.3 Å². The summed E-state index contributed by atoms with van der Waals surface area (Å²) in [5.74, 6) is -2.98. The third-order valence-corrected chi connectivity index (χ3v) is 6.60. The van der Waals surface area contributed by atoms with Crippen molar-refractivity contribution in [3.8, 4) is 5.75 Å². The van der Waals surface area contributed by atoms with Crippen molar-refractivity contribution in [3.63, 3.8) is 0 Å². The van der Waals surface area contributed by atoms with Crippen molar-refractivity contribution in [2.24, 2.45) is 0 Å². The van der Waals surface area contributed by atoms with Crippen LogP contribution in [-0.4, -0.2) is 62.7 Å². The molecule has 1 saturated carbocycles. The van der Waals surface area contributed by atoms with Crippen LogP contribution in [0.3, 0.4) is 0 Å². The van der Waals surface area contributed by atoms with Gasteiger partial charge in [0.05, 0.1) is 21.7 Å². The Bertz CT molecular complexity index is 1490. The largest absolute Gasteiger partial charge is 0.507 e. The quantitative estimate of drug-likeness (QED) is 0.405. The molecule has 0 radical (unpaired) electrons. The average molecular weight is 496 g/mol. The minimum Gasteiger partial charge on any atom is -0.507 e. The van der Waals surface area contributed by atoms with E-state index in [0.29, 0.717) is 5.52 Å². The van der Waals surface area contributed by atoms with Crippen LogP contribution in [0.15, 0.2) is 41.3 Å². The van der Waals surface area contributed by atoms with E-state index in [0.717, 1.165) is 37.1 Å². The number of benzene rings is 2. The summed E-state index contributed by atoms with van der Waals surface area (Å²) in [6.07, 6.45) is 2.97. The number of nitro groups is 1. The van der Waals surface area contributed by atoms with Gasteiger partial charge in [-0.1, -0.05) is 0 Å². The number of halogens is 1. The van der Waals surface area contributed by atoms with Crippen LogP contribution in [0.25, 0.3) is 10.9 Å². The molecule has 36 heavy (non-hydrogen) atoms. The number of piperazine rings is 1. The Morgan fingerprint density at radius 2 is 1.75 bits per heavy atom. The summed E-state index contributed by atoms with van der Waals surface area (Å²) in [6.45, 7) is 0.826. The van der Waals surface area contributed by atoms with E-state index in [1.165, 1.54) is 11.1 Å². The second-order valence-corrected chi connectivity index (χ2v) is 8.87. The first-order valence-electron chi connectivity index (χ1n) is 11.3. The first-order chi connectivity index (χ1) is 17.2. The number of nitrogens with zero attached hydrogens (tertiary/aromatic N) is 4. The van der Waals surface area contributed by atoms with E-state index in [9.17, 15) is 34.7 Å². The van der Waals surface area contributed by atoms with Crippen molar-refractivity contribution in [1.29, 1.82) is 0 Å². The van der Waals surface area contributed by atoms with Crippen molar-refractivity contribution in [2.45, 2.75) is 18.9 Å². The maximum absolute atomic E-state index is 15.1. The van der Waals surface area contributed by atoms with Gasteiger partial charge in [0, 0.05) is 55.9 Å². The van der Waals surface area contributed by atoms with E-state index in [2.05, 4.69) is 0 Å². The number of carboxylic acid groups (broad SMARTS) is 1. The Morgan fingerprint density at radius 3 is 2.36 bits per heavy atom. The first-order valence-corrected chi connectivity index (χ1v) is 11.3. The molecule has 1 amide bonds. The van der Waals surface area contributed by atoms with Gasteiger partial charge in [0.1, 0.15) is 17.1 Å². The van der Waals surface area contributed by atoms with Gasteiger partial charge in [-0.2, -0.15) is 0 Å². The number of anilines is 1. The second-order valence-electron chi connectivity index (χ2n) is 8.87. The Balaban J connectivity index is 1.42. The molecule has 0 bridgehead atoms. The third kappa shape index (κ3) is 4.00. The molecule has 0 spiro atoms. The predicted octanol–water partition coefficient (Wildman–Crippen LogP) is 2.75. The molecule has 1 aliphatic carbocycles. The SMILES string of the molecule is O=C(O)c1cn(C2CC2)c2cc(N3CCN(C(=O)c4cc([N+](=O)[O-])ccc4O)CC3)c(F)cc2c1=O. The van der Waals surface area contributed by atoms with Crippen LogP contribution < -0.4 is 10.3 Å². The molecule has 0 atom stereocenters. The van der Waals surface area contributed by atoms with Gasteiger partial charge in [0.2, 0.25) is 5.43 Å². The van der Waals surface area contributed by atoms with Crippen LogP contribution in [0.1, 0.15) is 39.6 Å². The number of fused-ring (bicyclic) bond motifs is 1.